The number of halogens is 1. The zero-order valence-corrected chi connectivity index (χ0v) is 13.4. The van der Waals surface area contributed by atoms with Crippen molar-refractivity contribution in [1.29, 1.82) is 0 Å². The molecule has 0 spiro atoms. The molecule has 0 aromatic heterocycles. The van der Waals surface area contributed by atoms with Crippen LogP contribution in [0.5, 0.6) is 11.5 Å². The van der Waals surface area contributed by atoms with Gasteiger partial charge in [-0.05, 0) is 30.4 Å². The van der Waals surface area contributed by atoms with Crippen LogP contribution in [0, 0.1) is 0 Å². The minimum Gasteiger partial charge on any atom is -0.493 e. The molecule has 4 heteroatoms. The number of ether oxygens (including phenoxy) is 2. The van der Waals surface area contributed by atoms with Crippen molar-refractivity contribution >= 4 is 23.4 Å². The van der Waals surface area contributed by atoms with E-state index < -0.39 is 0 Å². The Hall–Kier alpha value is -0.540. The summed E-state index contributed by atoms with van der Waals surface area (Å²) in [5.41, 5.74) is 1.02. The standard InChI is InChI=1S/C15H23ClO2S/c1-3-8-17-14-7-6-13(12-16)15(11-14)18-9-5-10-19-4-2/h6-7,11H,3-5,8-10,12H2,1-2H3. The zero-order valence-electron chi connectivity index (χ0n) is 11.8. The van der Waals surface area contributed by atoms with E-state index in [1.54, 1.807) is 0 Å². The van der Waals surface area contributed by atoms with Crippen LogP contribution in [0.15, 0.2) is 18.2 Å². The molecule has 108 valence electrons. The number of hydrogen-bond acceptors (Lipinski definition) is 3. The summed E-state index contributed by atoms with van der Waals surface area (Å²) >= 11 is 7.86. The molecule has 0 saturated heterocycles. The van der Waals surface area contributed by atoms with Crippen molar-refractivity contribution in [3.8, 4) is 11.5 Å². The molecule has 0 bridgehead atoms. The zero-order chi connectivity index (χ0) is 13.9. The molecule has 19 heavy (non-hydrogen) atoms. The molecule has 0 aliphatic heterocycles. The normalized spacial score (nSPS) is 10.5. The van der Waals surface area contributed by atoms with Crippen molar-refractivity contribution < 1.29 is 9.47 Å². The number of benzene rings is 1. The van der Waals surface area contributed by atoms with E-state index in [4.69, 9.17) is 21.1 Å². The van der Waals surface area contributed by atoms with Crippen molar-refractivity contribution in [3.05, 3.63) is 23.8 Å². The lowest BCUT2D eigenvalue weighted by Crippen LogP contribution is -2.02. The van der Waals surface area contributed by atoms with Gasteiger partial charge in [-0.25, -0.2) is 0 Å². The molecule has 0 radical (unpaired) electrons. The lowest BCUT2D eigenvalue weighted by molar-refractivity contribution is 0.300. The Morgan fingerprint density at radius 3 is 2.68 bits per heavy atom. The van der Waals surface area contributed by atoms with Crippen LogP contribution in [-0.4, -0.2) is 24.7 Å². The largest absolute Gasteiger partial charge is 0.493 e. The molecular weight excluding hydrogens is 280 g/mol. The van der Waals surface area contributed by atoms with Crippen LogP contribution >= 0.6 is 23.4 Å². The maximum Gasteiger partial charge on any atom is 0.127 e. The van der Waals surface area contributed by atoms with Crippen LogP contribution in [0.2, 0.25) is 0 Å². The van der Waals surface area contributed by atoms with Gasteiger partial charge in [-0.1, -0.05) is 19.9 Å². The first-order valence-electron chi connectivity index (χ1n) is 6.84. The van der Waals surface area contributed by atoms with E-state index in [1.807, 2.05) is 30.0 Å². The maximum absolute atomic E-state index is 5.93. The summed E-state index contributed by atoms with van der Waals surface area (Å²) < 4.78 is 11.4. The number of rotatable bonds is 10. The molecule has 1 aromatic rings. The van der Waals surface area contributed by atoms with Crippen LogP contribution in [0.25, 0.3) is 0 Å². The molecule has 0 aliphatic rings. The fourth-order valence-electron chi connectivity index (χ4n) is 1.58. The van der Waals surface area contributed by atoms with Crippen LogP contribution in [-0.2, 0) is 5.88 Å². The molecule has 0 saturated carbocycles. The fraction of sp³-hybridized carbons (Fsp3) is 0.600. The van der Waals surface area contributed by atoms with Gasteiger partial charge in [0.05, 0.1) is 19.1 Å². The van der Waals surface area contributed by atoms with Gasteiger partial charge in [-0.2, -0.15) is 11.8 Å². The summed E-state index contributed by atoms with van der Waals surface area (Å²) in [5, 5.41) is 0. The third kappa shape index (κ3) is 6.44. The van der Waals surface area contributed by atoms with Gasteiger partial charge in [0.2, 0.25) is 0 Å². The first-order chi connectivity index (χ1) is 9.31. The van der Waals surface area contributed by atoms with E-state index in [2.05, 4.69) is 13.8 Å². The molecular formula is C15H23ClO2S. The molecule has 0 amide bonds. The summed E-state index contributed by atoms with van der Waals surface area (Å²) in [6.07, 6.45) is 2.06. The summed E-state index contributed by atoms with van der Waals surface area (Å²) in [6, 6.07) is 5.88. The molecule has 0 aliphatic carbocycles. The average molecular weight is 303 g/mol. The Morgan fingerprint density at radius 2 is 2.00 bits per heavy atom. The van der Waals surface area contributed by atoms with Gasteiger partial charge in [-0.15, -0.1) is 11.6 Å². The van der Waals surface area contributed by atoms with Crippen molar-refractivity contribution in [2.24, 2.45) is 0 Å². The third-order valence-corrected chi connectivity index (χ3v) is 3.82. The van der Waals surface area contributed by atoms with Gasteiger partial charge in [0.1, 0.15) is 11.5 Å². The van der Waals surface area contributed by atoms with E-state index in [1.165, 1.54) is 0 Å². The highest BCUT2D eigenvalue weighted by atomic mass is 35.5. The Balaban J connectivity index is 2.52. The van der Waals surface area contributed by atoms with Crippen molar-refractivity contribution in [2.45, 2.75) is 32.6 Å². The Bertz CT molecular complexity index is 358. The topological polar surface area (TPSA) is 18.5 Å². The molecule has 2 nitrogen and oxygen atoms in total. The van der Waals surface area contributed by atoms with Gasteiger partial charge < -0.3 is 9.47 Å². The highest BCUT2D eigenvalue weighted by molar-refractivity contribution is 7.99. The van der Waals surface area contributed by atoms with Gasteiger partial charge >= 0.3 is 0 Å². The van der Waals surface area contributed by atoms with Crippen molar-refractivity contribution in [3.63, 3.8) is 0 Å². The van der Waals surface area contributed by atoms with E-state index in [0.29, 0.717) is 5.88 Å². The Kier molecular flexibility index (Phi) is 8.93. The molecule has 1 rings (SSSR count). The van der Waals surface area contributed by atoms with E-state index in [0.717, 1.165) is 54.6 Å². The summed E-state index contributed by atoms with van der Waals surface area (Å²) in [5.74, 6) is 4.47. The monoisotopic (exact) mass is 302 g/mol. The molecule has 0 unspecified atom stereocenters. The fourth-order valence-corrected chi connectivity index (χ4v) is 2.41. The van der Waals surface area contributed by atoms with Gasteiger partial charge in [0, 0.05) is 11.6 Å². The summed E-state index contributed by atoms with van der Waals surface area (Å²) in [6.45, 7) is 5.72. The minimum absolute atomic E-state index is 0.465. The molecule has 0 fully saturated rings. The second kappa shape index (κ2) is 10.3. The molecule has 1 aromatic carbocycles. The Labute approximate surface area is 125 Å². The quantitative estimate of drug-likeness (QED) is 0.459. The predicted molar refractivity (Wildman–Crippen MR) is 84.9 cm³/mol. The third-order valence-electron chi connectivity index (χ3n) is 2.55. The van der Waals surface area contributed by atoms with Gasteiger partial charge in [-0.3, -0.25) is 0 Å². The van der Waals surface area contributed by atoms with Crippen LogP contribution in [0.3, 0.4) is 0 Å². The first kappa shape index (κ1) is 16.5. The lowest BCUT2D eigenvalue weighted by atomic mass is 10.2. The van der Waals surface area contributed by atoms with Crippen LogP contribution < -0.4 is 9.47 Å². The first-order valence-corrected chi connectivity index (χ1v) is 8.53. The lowest BCUT2D eigenvalue weighted by Gasteiger charge is -2.12. The number of thioether (sulfide) groups is 1. The predicted octanol–water partition coefficient (Wildman–Crippen LogP) is 4.74. The van der Waals surface area contributed by atoms with Gasteiger partial charge in [0.15, 0.2) is 0 Å². The summed E-state index contributed by atoms with van der Waals surface area (Å²) in [4.78, 5) is 0. The smallest absolute Gasteiger partial charge is 0.127 e. The van der Waals surface area contributed by atoms with Crippen molar-refractivity contribution in [1.82, 2.24) is 0 Å². The van der Waals surface area contributed by atoms with Crippen LogP contribution in [0.4, 0.5) is 0 Å². The van der Waals surface area contributed by atoms with E-state index in [-0.39, 0.29) is 0 Å². The molecule has 0 atom stereocenters. The highest BCUT2D eigenvalue weighted by Crippen LogP contribution is 2.26. The van der Waals surface area contributed by atoms with Gasteiger partial charge in [0.25, 0.3) is 0 Å². The molecule has 0 N–H and O–H groups in total. The average Bonchev–Trinajstić information content (AvgIpc) is 2.45. The highest BCUT2D eigenvalue weighted by Gasteiger charge is 2.05. The second-order valence-electron chi connectivity index (χ2n) is 4.15. The minimum atomic E-state index is 0.465. The number of alkyl halides is 1. The SMILES string of the molecule is CCCOc1ccc(CCl)c(OCCCSCC)c1. The number of hydrogen-bond donors (Lipinski definition) is 0. The van der Waals surface area contributed by atoms with Crippen LogP contribution in [0.1, 0.15) is 32.3 Å². The Morgan fingerprint density at radius 1 is 1.16 bits per heavy atom. The van der Waals surface area contributed by atoms with E-state index >= 15 is 0 Å². The maximum atomic E-state index is 5.93. The van der Waals surface area contributed by atoms with E-state index in [9.17, 15) is 0 Å². The molecule has 0 heterocycles. The second-order valence-corrected chi connectivity index (χ2v) is 5.81. The van der Waals surface area contributed by atoms with Crippen molar-refractivity contribution in [2.75, 3.05) is 24.7 Å². The summed E-state index contributed by atoms with van der Waals surface area (Å²) in [7, 11) is 0.